The van der Waals surface area contributed by atoms with Gasteiger partial charge in [-0.1, -0.05) is 66.7 Å². The van der Waals surface area contributed by atoms with E-state index in [1.165, 1.54) is 0 Å². The fourth-order valence-corrected chi connectivity index (χ4v) is 4.92. The molecule has 1 unspecified atom stereocenters. The Morgan fingerprint density at radius 1 is 0.868 bits per heavy atom. The number of methoxy groups -OCH3 is 1. The van der Waals surface area contributed by atoms with Crippen LogP contribution in [-0.2, 0) is 13.2 Å². The number of benzene rings is 3. The molecule has 7 nitrogen and oxygen atoms in total. The second-order valence-corrected chi connectivity index (χ2v) is 9.10. The molecule has 2 aromatic heterocycles. The Morgan fingerprint density at radius 3 is 2.34 bits per heavy atom. The number of amides is 1. The van der Waals surface area contributed by atoms with Gasteiger partial charge < -0.3 is 14.4 Å². The third kappa shape index (κ3) is 4.39. The Bertz CT molecular complexity index is 1550. The number of fused-ring (bicyclic) bond motifs is 1. The molecule has 0 saturated heterocycles. The van der Waals surface area contributed by atoms with Gasteiger partial charge in [-0.25, -0.2) is 0 Å². The van der Waals surface area contributed by atoms with Gasteiger partial charge in [-0.15, -0.1) is 0 Å². The lowest BCUT2D eigenvalue weighted by Gasteiger charge is -2.27. The Balaban J connectivity index is 1.41. The van der Waals surface area contributed by atoms with Crippen molar-refractivity contribution in [2.24, 2.45) is 0 Å². The van der Waals surface area contributed by atoms with E-state index in [-0.39, 0.29) is 11.9 Å². The van der Waals surface area contributed by atoms with Crippen molar-refractivity contribution in [3.8, 4) is 22.8 Å². The summed E-state index contributed by atoms with van der Waals surface area (Å²) in [5.74, 6) is 1.15. The van der Waals surface area contributed by atoms with Crippen molar-refractivity contribution in [1.82, 2.24) is 20.1 Å². The maximum absolute atomic E-state index is 13.7. The zero-order valence-corrected chi connectivity index (χ0v) is 20.9. The summed E-state index contributed by atoms with van der Waals surface area (Å²) in [7, 11) is 1.63. The molecule has 3 heterocycles. The number of rotatable bonds is 8. The molecule has 0 bridgehead atoms. The SMILES string of the molecule is COc1cc(C2c3c(-c4ccccc4)n[nH]c3C(=O)N2Cc2ccncc2)ccc1OCc1ccccc1. The molecule has 1 aliphatic rings. The van der Waals surface area contributed by atoms with Gasteiger partial charge in [0.05, 0.1) is 18.8 Å². The summed E-state index contributed by atoms with van der Waals surface area (Å²) in [4.78, 5) is 19.7. The second kappa shape index (κ2) is 10.2. The summed E-state index contributed by atoms with van der Waals surface area (Å²) in [5, 5.41) is 7.58. The minimum Gasteiger partial charge on any atom is -0.493 e. The quantitative estimate of drug-likeness (QED) is 0.290. The van der Waals surface area contributed by atoms with Crippen LogP contribution >= 0.6 is 0 Å². The number of nitrogens with one attached hydrogen (secondary N) is 1. The first kappa shape index (κ1) is 23.5. The molecule has 188 valence electrons. The van der Waals surface area contributed by atoms with E-state index in [4.69, 9.17) is 9.47 Å². The molecule has 3 aromatic carbocycles. The van der Waals surface area contributed by atoms with Gasteiger partial charge in [-0.2, -0.15) is 5.10 Å². The molecule has 0 radical (unpaired) electrons. The average Bonchev–Trinajstić information content (AvgIpc) is 3.52. The van der Waals surface area contributed by atoms with Crippen LogP contribution in [0.2, 0.25) is 0 Å². The molecule has 0 fully saturated rings. The predicted octanol–water partition coefficient (Wildman–Crippen LogP) is 5.80. The number of hydrogen-bond acceptors (Lipinski definition) is 5. The first-order chi connectivity index (χ1) is 18.7. The molecular weight excluding hydrogens is 476 g/mol. The molecule has 0 saturated carbocycles. The summed E-state index contributed by atoms with van der Waals surface area (Å²) >= 11 is 0. The Kier molecular flexibility index (Phi) is 6.32. The van der Waals surface area contributed by atoms with Crippen LogP contribution in [-0.4, -0.2) is 33.1 Å². The smallest absolute Gasteiger partial charge is 0.273 e. The molecule has 6 rings (SSSR count). The van der Waals surface area contributed by atoms with E-state index >= 15 is 0 Å². The minimum absolute atomic E-state index is 0.0973. The summed E-state index contributed by atoms with van der Waals surface area (Å²) in [5.41, 5.74) is 6.05. The number of ether oxygens (including phenoxy) is 2. The van der Waals surface area contributed by atoms with Gasteiger partial charge in [0.2, 0.25) is 0 Å². The summed E-state index contributed by atoms with van der Waals surface area (Å²) in [6.45, 7) is 0.855. The van der Waals surface area contributed by atoms with E-state index in [0.717, 1.165) is 33.5 Å². The van der Waals surface area contributed by atoms with Gasteiger partial charge in [0.15, 0.2) is 11.5 Å². The molecule has 1 atom stereocenters. The van der Waals surface area contributed by atoms with Gasteiger partial charge in [0, 0.05) is 30.1 Å². The maximum atomic E-state index is 13.7. The fourth-order valence-electron chi connectivity index (χ4n) is 4.92. The van der Waals surface area contributed by atoms with Gasteiger partial charge in [0.1, 0.15) is 12.3 Å². The first-order valence-corrected chi connectivity index (χ1v) is 12.4. The van der Waals surface area contributed by atoms with Gasteiger partial charge in [0.25, 0.3) is 5.91 Å². The molecule has 0 aliphatic carbocycles. The zero-order valence-electron chi connectivity index (χ0n) is 20.9. The van der Waals surface area contributed by atoms with Crippen LogP contribution in [0.3, 0.4) is 0 Å². The van der Waals surface area contributed by atoms with Crippen molar-refractivity contribution in [2.45, 2.75) is 19.2 Å². The van der Waals surface area contributed by atoms with Crippen molar-refractivity contribution in [3.05, 3.63) is 131 Å². The molecule has 1 amide bonds. The third-order valence-corrected chi connectivity index (χ3v) is 6.75. The first-order valence-electron chi connectivity index (χ1n) is 12.4. The summed E-state index contributed by atoms with van der Waals surface area (Å²) in [6.07, 6.45) is 3.48. The number of nitrogens with zero attached hydrogens (tertiary/aromatic N) is 3. The van der Waals surface area contributed by atoms with Crippen molar-refractivity contribution >= 4 is 5.91 Å². The van der Waals surface area contributed by atoms with Crippen molar-refractivity contribution < 1.29 is 14.3 Å². The highest BCUT2D eigenvalue weighted by atomic mass is 16.5. The molecular formula is C31H26N4O3. The number of hydrogen-bond donors (Lipinski definition) is 1. The van der Waals surface area contributed by atoms with Crippen LogP contribution < -0.4 is 9.47 Å². The van der Waals surface area contributed by atoms with Gasteiger partial charge >= 0.3 is 0 Å². The number of aromatic nitrogens is 3. The Morgan fingerprint density at radius 2 is 1.61 bits per heavy atom. The zero-order chi connectivity index (χ0) is 25.9. The van der Waals surface area contributed by atoms with Crippen LogP contribution in [0.15, 0.2) is 103 Å². The van der Waals surface area contributed by atoms with Crippen LogP contribution in [0.4, 0.5) is 0 Å². The number of aromatic amines is 1. The highest BCUT2D eigenvalue weighted by Crippen LogP contribution is 2.45. The van der Waals surface area contributed by atoms with E-state index in [2.05, 4.69) is 15.2 Å². The topological polar surface area (TPSA) is 80.3 Å². The summed E-state index contributed by atoms with van der Waals surface area (Å²) < 4.78 is 11.8. The van der Waals surface area contributed by atoms with Crippen molar-refractivity contribution in [2.75, 3.05) is 7.11 Å². The van der Waals surface area contributed by atoms with E-state index in [1.54, 1.807) is 19.5 Å². The number of carbonyl (C=O) groups is 1. The fraction of sp³-hybridized carbons (Fsp3) is 0.129. The molecule has 1 N–H and O–H groups in total. The normalized spacial score (nSPS) is 14.4. The van der Waals surface area contributed by atoms with E-state index in [1.807, 2.05) is 95.9 Å². The van der Waals surface area contributed by atoms with Crippen molar-refractivity contribution in [3.63, 3.8) is 0 Å². The Hall–Kier alpha value is -4.91. The molecule has 7 heteroatoms. The highest BCUT2D eigenvalue weighted by molar-refractivity contribution is 6.00. The highest BCUT2D eigenvalue weighted by Gasteiger charge is 2.42. The van der Waals surface area contributed by atoms with E-state index in [9.17, 15) is 4.79 Å². The van der Waals surface area contributed by atoms with Crippen LogP contribution in [0.25, 0.3) is 11.3 Å². The molecule has 0 spiro atoms. The minimum atomic E-state index is -0.364. The number of H-pyrrole nitrogens is 1. The lowest BCUT2D eigenvalue weighted by Crippen LogP contribution is -2.29. The standard InChI is InChI=1S/C31H26N4O3/c1-37-26-18-24(12-13-25(26)38-20-22-8-4-2-5-9-22)30-27-28(23-10-6-3-7-11-23)33-34-29(27)31(36)35(30)19-21-14-16-32-17-15-21/h2-18,30H,19-20H2,1H3,(H,33,34). The monoisotopic (exact) mass is 502 g/mol. The van der Waals surface area contributed by atoms with E-state index in [0.29, 0.717) is 30.3 Å². The number of pyridine rings is 1. The largest absolute Gasteiger partial charge is 0.493 e. The van der Waals surface area contributed by atoms with E-state index < -0.39 is 0 Å². The van der Waals surface area contributed by atoms with Crippen LogP contribution in [0.5, 0.6) is 11.5 Å². The Labute approximate surface area is 220 Å². The lowest BCUT2D eigenvalue weighted by molar-refractivity contribution is 0.0729. The average molecular weight is 503 g/mol. The predicted molar refractivity (Wildman–Crippen MR) is 144 cm³/mol. The van der Waals surface area contributed by atoms with Crippen LogP contribution in [0, 0.1) is 0 Å². The van der Waals surface area contributed by atoms with Gasteiger partial charge in [-0.3, -0.25) is 14.9 Å². The maximum Gasteiger partial charge on any atom is 0.273 e. The number of carbonyl (C=O) groups excluding carboxylic acids is 1. The molecule has 1 aliphatic heterocycles. The van der Waals surface area contributed by atoms with Crippen molar-refractivity contribution in [1.29, 1.82) is 0 Å². The summed E-state index contributed by atoms with van der Waals surface area (Å²) in [6, 6.07) is 29.3. The van der Waals surface area contributed by atoms with Crippen LogP contribution in [0.1, 0.15) is 38.8 Å². The second-order valence-electron chi connectivity index (χ2n) is 9.10. The molecule has 5 aromatic rings. The molecule has 38 heavy (non-hydrogen) atoms. The lowest BCUT2D eigenvalue weighted by atomic mass is 9.95. The third-order valence-electron chi connectivity index (χ3n) is 6.75. The van der Waals surface area contributed by atoms with Gasteiger partial charge in [-0.05, 0) is 41.0 Å².